The van der Waals surface area contributed by atoms with Crippen LogP contribution in [0.3, 0.4) is 0 Å². The van der Waals surface area contributed by atoms with Crippen molar-refractivity contribution in [3.8, 4) is 0 Å². The van der Waals surface area contributed by atoms with Crippen molar-refractivity contribution >= 4 is 13.8 Å². The molecule has 30 heavy (non-hydrogen) atoms. The molecule has 0 bridgehead atoms. The van der Waals surface area contributed by atoms with E-state index < -0.39 is 13.8 Å². The van der Waals surface area contributed by atoms with Crippen LogP contribution in [-0.2, 0) is 23.1 Å². The zero-order valence-electron chi connectivity index (χ0n) is 19.5. The number of hydrogen-bond donors (Lipinski definition) is 2. The molecular weight excluding hydrogens is 407 g/mol. The molecule has 0 saturated heterocycles. The first-order valence-corrected chi connectivity index (χ1v) is 12.8. The minimum absolute atomic E-state index is 0.0461. The summed E-state index contributed by atoms with van der Waals surface area (Å²) in [7, 11) is -3.89. The standard InChI is InChI=1S/C16H35O4P.C6H10O3/c1-5-9-11-15(7-3)13-19-21(17,18)20-14-16(8-4)12-10-6-2;1-2-6(8)9-5-3-4-7/h15-16H,5-14H2,1-4H3,(H,17,18);2,7H,1,3-5H2. The Balaban J connectivity index is 0. The summed E-state index contributed by atoms with van der Waals surface area (Å²) in [5, 5.41) is 8.23. The van der Waals surface area contributed by atoms with E-state index in [1.165, 1.54) is 0 Å². The van der Waals surface area contributed by atoms with E-state index in [0.29, 0.717) is 31.5 Å². The number of unbranched alkanes of at least 4 members (excludes halogenated alkanes) is 2. The molecule has 2 unspecified atom stereocenters. The predicted octanol–water partition coefficient (Wildman–Crippen LogP) is 5.65. The third-order valence-corrected chi connectivity index (χ3v) is 5.70. The average molecular weight is 453 g/mol. The third-order valence-electron chi connectivity index (χ3n) is 4.75. The van der Waals surface area contributed by atoms with Crippen molar-refractivity contribution in [3.05, 3.63) is 12.7 Å². The number of hydrogen-bond acceptors (Lipinski definition) is 6. The zero-order valence-corrected chi connectivity index (χ0v) is 20.4. The van der Waals surface area contributed by atoms with Crippen molar-refractivity contribution in [2.45, 2.75) is 85.5 Å². The fraction of sp³-hybridized carbons (Fsp3) is 0.864. The van der Waals surface area contributed by atoms with Crippen LogP contribution in [0.2, 0.25) is 0 Å². The van der Waals surface area contributed by atoms with Crippen molar-refractivity contribution in [2.75, 3.05) is 26.4 Å². The summed E-state index contributed by atoms with van der Waals surface area (Å²) in [6, 6.07) is 0. The molecule has 0 aliphatic heterocycles. The number of phosphoric ester groups is 1. The van der Waals surface area contributed by atoms with E-state index in [9.17, 15) is 14.3 Å². The fourth-order valence-electron chi connectivity index (χ4n) is 2.53. The number of ether oxygens (including phenoxy) is 1. The Labute approximate surface area is 183 Å². The summed E-state index contributed by atoms with van der Waals surface area (Å²) in [6.07, 6.45) is 10.1. The van der Waals surface area contributed by atoms with Crippen molar-refractivity contribution in [1.29, 1.82) is 0 Å². The van der Waals surface area contributed by atoms with Gasteiger partial charge in [0, 0.05) is 19.1 Å². The molecule has 2 N–H and O–H groups in total. The maximum atomic E-state index is 11.9. The maximum absolute atomic E-state index is 11.9. The van der Waals surface area contributed by atoms with Gasteiger partial charge in [-0.15, -0.1) is 0 Å². The van der Waals surface area contributed by atoms with Gasteiger partial charge in [-0.05, 0) is 24.7 Å². The number of carbonyl (C=O) groups excluding carboxylic acids is 1. The Morgan fingerprint density at radius 3 is 1.77 bits per heavy atom. The minimum Gasteiger partial charge on any atom is -0.462 e. The predicted molar refractivity (Wildman–Crippen MR) is 121 cm³/mol. The van der Waals surface area contributed by atoms with Crippen molar-refractivity contribution in [1.82, 2.24) is 0 Å². The summed E-state index contributed by atoms with van der Waals surface area (Å²) in [4.78, 5) is 20.0. The van der Waals surface area contributed by atoms with Crippen LogP contribution in [0, 0.1) is 11.8 Å². The van der Waals surface area contributed by atoms with Crippen LogP contribution in [-0.4, -0.2) is 42.4 Å². The van der Waals surface area contributed by atoms with Gasteiger partial charge in [0.25, 0.3) is 0 Å². The van der Waals surface area contributed by atoms with Gasteiger partial charge < -0.3 is 14.7 Å². The molecule has 0 saturated carbocycles. The highest BCUT2D eigenvalue weighted by Crippen LogP contribution is 2.44. The first-order valence-electron chi connectivity index (χ1n) is 11.3. The Kier molecular flexibility index (Phi) is 22.6. The molecule has 0 aromatic rings. The molecule has 0 aliphatic rings. The van der Waals surface area contributed by atoms with E-state index in [-0.39, 0.29) is 13.2 Å². The van der Waals surface area contributed by atoms with E-state index in [1.54, 1.807) is 0 Å². The molecule has 0 aliphatic carbocycles. The molecular formula is C22H45O7P. The monoisotopic (exact) mass is 452 g/mol. The molecule has 0 heterocycles. The van der Waals surface area contributed by atoms with E-state index in [1.807, 2.05) is 0 Å². The second-order valence-corrected chi connectivity index (χ2v) is 8.80. The lowest BCUT2D eigenvalue weighted by molar-refractivity contribution is -0.137. The maximum Gasteiger partial charge on any atom is 0.472 e. The largest absolute Gasteiger partial charge is 0.472 e. The highest BCUT2D eigenvalue weighted by molar-refractivity contribution is 7.47. The van der Waals surface area contributed by atoms with Gasteiger partial charge in [-0.1, -0.05) is 72.8 Å². The Morgan fingerprint density at radius 2 is 1.43 bits per heavy atom. The lowest BCUT2D eigenvalue weighted by Crippen LogP contribution is -2.12. The Bertz CT molecular complexity index is 433. The summed E-state index contributed by atoms with van der Waals surface area (Å²) in [5.74, 6) is 0.246. The summed E-state index contributed by atoms with van der Waals surface area (Å²) >= 11 is 0. The number of rotatable bonds is 18. The molecule has 0 radical (unpaired) electrons. The van der Waals surface area contributed by atoms with Crippen LogP contribution in [0.4, 0.5) is 0 Å². The molecule has 8 heteroatoms. The minimum atomic E-state index is -3.89. The van der Waals surface area contributed by atoms with Gasteiger partial charge in [-0.3, -0.25) is 9.05 Å². The van der Waals surface area contributed by atoms with Gasteiger partial charge in [-0.25, -0.2) is 9.36 Å². The van der Waals surface area contributed by atoms with E-state index >= 15 is 0 Å². The molecule has 0 fully saturated rings. The van der Waals surface area contributed by atoms with E-state index in [4.69, 9.17) is 14.2 Å². The molecule has 7 nitrogen and oxygen atoms in total. The topological polar surface area (TPSA) is 102 Å². The van der Waals surface area contributed by atoms with Crippen LogP contribution in [0.5, 0.6) is 0 Å². The quantitative estimate of drug-likeness (QED) is 0.120. The van der Waals surface area contributed by atoms with E-state index in [2.05, 4.69) is 39.0 Å². The number of aliphatic hydroxyl groups is 1. The van der Waals surface area contributed by atoms with Crippen LogP contribution in [0.25, 0.3) is 0 Å². The van der Waals surface area contributed by atoms with Crippen molar-refractivity contribution in [3.63, 3.8) is 0 Å². The molecule has 0 rings (SSSR count). The second-order valence-electron chi connectivity index (χ2n) is 7.34. The molecule has 0 amide bonds. The second kappa shape index (κ2) is 21.5. The lowest BCUT2D eigenvalue weighted by atomic mass is 10.0. The van der Waals surface area contributed by atoms with Crippen LogP contribution >= 0.6 is 7.82 Å². The van der Waals surface area contributed by atoms with Crippen LogP contribution in [0.15, 0.2) is 12.7 Å². The molecule has 0 aromatic carbocycles. The number of aliphatic hydroxyl groups excluding tert-OH is 1. The van der Waals surface area contributed by atoms with Crippen molar-refractivity contribution in [2.24, 2.45) is 11.8 Å². The lowest BCUT2D eigenvalue weighted by Gasteiger charge is -2.20. The smallest absolute Gasteiger partial charge is 0.462 e. The molecule has 0 aromatic heterocycles. The van der Waals surface area contributed by atoms with Crippen LogP contribution < -0.4 is 0 Å². The Hall–Kier alpha value is -0.720. The van der Waals surface area contributed by atoms with Gasteiger partial charge >= 0.3 is 13.8 Å². The van der Waals surface area contributed by atoms with Gasteiger partial charge in [0.2, 0.25) is 0 Å². The Morgan fingerprint density at radius 1 is 0.967 bits per heavy atom. The van der Waals surface area contributed by atoms with Gasteiger partial charge in [-0.2, -0.15) is 0 Å². The van der Waals surface area contributed by atoms with E-state index in [0.717, 1.165) is 57.4 Å². The molecule has 2 atom stereocenters. The number of carbonyl (C=O) groups is 1. The number of phosphoric acid groups is 1. The third kappa shape index (κ3) is 20.5. The normalized spacial score (nSPS) is 14.7. The molecule has 180 valence electrons. The highest BCUT2D eigenvalue weighted by Gasteiger charge is 2.24. The first-order chi connectivity index (χ1) is 14.3. The van der Waals surface area contributed by atoms with Gasteiger partial charge in [0.15, 0.2) is 0 Å². The van der Waals surface area contributed by atoms with Crippen LogP contribution in [0.1, 0.15) is 85.5 Å². The summed E-state index contributed by atoms with van der Waals surface area (Å²) < 4.78 is 26.8. The SMILES string of the molecule is C=CC(=O)OCCCO.CCCCC(CC)COP(=O)(O)OCC(CC)CCCC. The van der Waals surface area contributed by atoms with Crippen molar-refractivity contribution < 1.29 is 33.1 Å². The average Bonchev–Trinajstić information content (AvgIpc) is 2.74. The highest BCUT2D eigenvalue weighted by atomic mass is 31.2. The summed E-state index contributed by atoms with van der Waals surface area (Å²) in [5.41, 5.74) is 0. The number of esters is 1. The summed E-state index contributed by atoms with van der Waals surface area (Å²) in [6.45, 7) is 12.6. The first kappa shape index (κ1) is 31.5. The molecule has 0 spiro atoms. The van der Waals surface area contributed by atoms with Gasteiger partial charge in [0.05, 0.1) is 19.8 Å². The van der Waals surface area contributed by atoms with Gasteiger partial charge in [0.1, 0.15) is 0 Å². The fourth-order valence-corrected chi connectivity index (χ4v) is 3.40. The zero-order chi connectivity index (χ0) is 23.3.